The molecule has 1 heterocycles. The molecule has 106 valence electrons. The maximum atomic E-state index is 11.8. The van der Waals surface area contributed by atoms with Crippen LogP contribution in [-0.4, -0.2) is 40.3 Å². The lowest BCUT2D eigenvalue weighted by Gasteiger charge is -2.19. The molecule has 1 aliphatic heterocycles. The Balaban J connectivity index is 2.21. The Morgan fingerprint density at radius 2 is 2.16 bits per heavy atom. The summed E-state index contributed by atoms with van der Waals surface area (Å²) in [4.78, 5) is 2.50. The monoisotopic (exact) mass is 284 g/mol. The van der Waals surface area contributed by atoms with Crippen LogP contribution in [0.25, 0.3) is 0 Å². The summed E-state index contributed by atoms with van der Waals surface area (Å²) >= 11 is 0. The van der Waals surface area contributed by atoms with Crippen molar-refractivity contribution in [2.24, 2.45) is 0 Å². The van der Waals surface area contributed by atoms with Crippen molar-refractivity contribution < 1.29 is 13.5 Å². The lowest BCUT2D eigenvalue weighted by Crippen LogP contribution is -2.23. The van der Waals surface area contributed by atoms with Gasteiger partial charge in [-0.3, -0.25) is 0 Å². The third kappa shape index (κ3) is 3.08. The molecule has 5 nitrogen and oxygen atoms in total. The molecule has 19 heavy (non-hydrogen) atoms. The van der Waals surface area contributed by atoms with E-state index in [4.69, 9.17) is 5.11 Å². The van der Waals surface area contributed by atoms with Crippen molar-refractivity contribution in [3.05, 3.63) is 23.8 Å². The highest BCUT2D eigenvalue weighted by atomic mass is 32.2. The average Bonchev–Trinajstić information content (AvgIpc) is 2.82. The fraction of sp³-hybridized carbons (Fsp3) is 0.538. The molecule has 2 rings (SSSR count). The second kappa shape index (κ2) is 5.90. The molecule has 0 atom stereocenters. The first-order valence-electron chi connectivity index (χ1n) is 6.51. The molecule has 1 aromatic rings. The summed E-state index contributed by atoms with van der Waals surface area (Å²) in [6.45, 7) is 1.98. The maximum absolute atomic E-state index is 11.8. The summed E-state index contributed by atoms with van der Waals surface area (Å²) in [5.74, 6) is 0. The van der Waals surface area contributed by atoms with Gasteiger partial charge in [0.15, 0.2) is 0 Å². The smallest absolute Gasteiger partial charge is 0.240 e. The Hall–Kier alpha value is -1.11. The summed E-state index contributed by atoms with van der Waals surface area (Å²) < 4.78 is 25.9. The summed E-state index contributed by atoms with van der Waals surface area (Å²) in [5.41, 5.74) is 2.20. The van der Waals surface area contributed by atoms with Crippen molar-refractivity contribution in [3.8, 4) is 0 Å². The van der Waals surface area contributed by atoms with E-state index >= 15 is 0 Å². The Morgan fingerprint density at radius 3 is 2.84 bits per heavy atom. The van der Waals surface area contributed by atoms with Crippen LogP contribution in [0.15, 0.2) is 23.1 Å². The van der Waals surface area contributed by atoms with Crippen molar-refractivity contribution in [1.29, 1.82) is 0 Å². The van der Waals surface area contributed by atoms with E-state index in [1.165, 1.54) is 12.6 Å². The Bertz CT molecular complexity index is 543. The molecule has 0 aliphatic carbocycles. The number of hydrogen-bond acceptors (Lipinski definition) is 4. The Kier molecular flexibility index (Phi) is 4.44. The van der Waals surface area contributed by atoms with Crippen molar-refractivity contribution in [1.82, 2.24) is 4.72 Å². The van der Waals surface area contributed by atoms with Gasteiger partial charge in [0.05, 0.1) is 4.90 Å². The molecule has 6 heteroatoms. The van der Waals surface area contributed by atoms with Gasteiger partial charge >= 0.3 is 0 Å². The van der Waals surface area contributed by atoms with Crippen LogP contribution in [0.4, 0.5) is 5.69 Å². The van der Waals surface area contributed by atoms with Crippen LogP contribution in [-0.2, 0) is 16.4 Å². The van der Waals surface area contributed by atoms with E-state index in [9.17, 15) is 8.42 Å². The second-order valence-electron chi connectivity index (χ2n) is 4.67. The quantitative estimate of drug-likeness (QED) is 0.756. The SMILES string of the molecule is CNS(=O)(=O)c1ccc2c(c1)N(CCCCO)CC2. The molecule has 0 spiro atoms. The minimum absolute atomic E-state index is 0.203. The van der Waals surface area contributed by atoms with Crippen LogP contribution in [0.5, 0.6) is 0 Å². The molecule has 0 radical (unpaired) electrons. The third-order valence-corrected chi connectivity index (χ3v) is 4.88. The lowest BCUT2D eigenvalue weighted by molar-refractivity contribution is 0.285. The minimum Gasteiger partial charge on any atom is -0.396 e. The van der Waals surface area contributed by atoms with Gasteiger partial charge in [0, 0.05) is 25.4 Å². The molecule has 0 aromatic heterocycles. The van der Waals surface area contributed by atoms with Crippen molar-refractivity contribution >= 4 is 15.7 Å². The molecule has 0 fully saturated rings. The Morgan fingerprint density at radius 1 is 1.37 bits per heavy atom. The van der Waals surface area contributed by atoms with E-state index in [2.05, 4.69) is 9.62 Å². The molecule has 0 bridgehead atoms. The molecular formula is C13H20N2O3S. The van der Waals surface area contributed by atoms with E-state index in [1.807, 2.05) is 6.07 Å². The number of rotatable bonds is 6. The first-order valence-corrected chi connectivity index (χ1v) is 7.99. The highest BCUT2D eigenvalue weighted by Gasteiger charge is 2.21. The predicted molar refractivity (Wildman–Crippen MR) is 74.9 cm³/mol. The molecule has 1 aromatic carbocycles. The number of nitrogens with one attached hydrogen (secondary N) is 1. The Labute approximate surface area is 114 Å². The first-order chi connectivity index (χ1) is 9.08. The van der Waals surface area contributed by atoms with Crippen LogP contribution < -0.4 is 9.62 Å². The number of sulfonamides is 1. The van der Waals surface area contributed by atoms with Gasteiger partial charge in [-0.15, -0.1) is 0 Å². The third-order valence-electron chi connectivity index (χ3n) is 3.46. The van der Waals surface area contributed by atoms with Gasteiger partial charge in [-0.1, -0.05) is 6.07 Å². The number of aliphatic hydroxyl groups excluding tert-OH is 1. The first kappa shape index (κ1) is 14.3. The number of benzene rings is 1. The van der Waals surface area contributed by atoms with E-state index in [0.29, 0.717) is 4.90 Å². The molecular weight excluding hydrogens is 264 g/mol. The number of nitrogens with zero attached hydrogens (tertiary/aromatic N) is 1. The van der Waals surface area contributed by atoms with Gasteiger partial charge in [0.2, 0.25) is 10.0 Å². The zero-order valence-electron chi connectivity index (χ0n) is 11.1. The van der Waals surface area contributed by atoms with Crippen LogP contribution in [0.2, 0.25) is 0 Å². The highest BCUT2D eigenvalue weighted by Crippen LogP contribution is 2.30. The zero-order valence-corrected chi connectivity index (χ0v) is 11.9. The van der Waals surface area contributed by atoms with Gasteiger partial charge in [-0.05, 0) is 44.0 Å². The van der Waals surface area contributed by atoms with Crippen LogP contribution in [0, 0.1) is 0 Å². The number of fused-ring (bicyclic) bond motifs is 1. The van der Waals surface area contributed by atoms with Gasteiger partial charge in [0.1, 0.15) is 0 Å². The fourth-order valence-electron chi connectivity index (χ4n) is 2.36. The normalized spacial score (nSPS) is 14.7. The van der Waals surface area contributed by atoms with Crippen LogP contribution in [0.3, 0.4) is 0 Å². The summed E-state index contributed by atoms with van der Waals surface area (Å²) in [5, 5.41) is 8.81. The van der Waals surface area contributed by atoms with Crippen molar-refractivity contribution in [3.63, 3.8) is 0 Å². The van der Waals surface area contributed by atoms with Crippen molar-refractivity contribution in [2.45, 2.75) is 24.2 Å². The van der Waals surface area contributed by atoms with E-state index < -0.39 is 10.0 Å². The van der Waals surface area contributed by atoms with E-state index in [1.54, 1.807) is 12.1 Å². The number of aliphatic hydroxyl groups is 1. The predicted octanol–water partition coefficient (Wildman–Crippen LogP) is 0.730. The second-order valence-corrected chi connectivity index (χ2v) is 6.55. The highest BCUT2D eigenvalue weighted by molar-refractivity contribution is 7.89. The largest absolute Gasteiger partial charge is 0.396 e. The molecule has 0 amide bonds. The summed E-state index contributed by atoms with van der Waals surface area (Å²) in [6, 6.07) is 5.29. The van der Waals surface area contributed by atoms with Gasteiger partial charge in [0.25, 0.3) is 0 Å². The van der Waals surface area contributed by atoms with E-state index in [0.717, 1.165) is 38.0 Å². The molecule has 0 saturated carbocycles. The van der Waals surface area contributed by atoms with Crippen molar-refractivity contribution in [2.75, 3.05) is 31.6 Å². The molecule has 0 saturated heterocycles. The van der Waals surface area contributed by atoms with Crippen LogP contribution in [0.1, 0.15) is 18.4 Å². The number of anilines is 1. The van der Waals surface area contributed by atoms with Gasteiger partial charge in [-0.25, -0.2) is 13.1 Å². The summed E-state index contributed by atoms with van der Waals surface area (Å²) in [7, 11) is -1.97. The van der Waals surface area contributed by atoms with Gasteiger partial charge < -0.3 is 10.0 Å². The zero-order chi connectivity index (χ0) is 13.9. The minimum atomic E-state index is -3.39. The molecule has 0 unspecified atom stereocenters. The average molecular weight is 284 g/mol. The van der Waals surface area contributed by atoms with E-state index in [-0.39, 0.29) is 6.61 Å². The maximum Gasteiger partial charge on any atom is 0.240 e. The standard InChI is InChI=1S/C13H20N2O3S/c1-14-19(17,18)12-5-4-11-6-8-15(13(11)10-12)7-2-3-9-16/h4-5,10,14,16H,2-3,6-9H2,1H3. The fourth-order valence-corrected chi connectivity index (χ4v) is 3.11. The van der Waals surface area contributed by atoms with Crippen LogP contribution >= 0.6 is 0 Å². The number of hydrogen-bond donors (Lipinski definition) is 2. The lowest BCUT2D eigenvalue weighted by atomic mass is 10.2. The topological polar surface area (TPSA) is 69.6 Å². The summed E-state index contributed by atoms with van der Waals surface area (Å²) in [6.07, 6.45) is 2.65. The molecule has 1 aliphatic rings. The molecule has 2 N–H and O–H groups in total. The van der Waals surface area contributed by atoms with Gasteiger partial charge in [-0.2, -0.15) is 0 Å². The number of unbranched alkanes of at least 4 members (excludes halogenated alkanes) is 1.